The van der Waals surface area contributed by atoms with Gasteiger partial charge in [0, 0.05) is 0 Å². The smallest absolute Gasteiger partial charge is 0.0969 e. The van der Waals surface area contributed by atoms with Gasteiger partial charge in [0.25, 0.3) is 0 Å². The van der Waals surface area contributed by atoms with Crippen LogP contribution >= 0.6 is 12.4 Å². The fraction of sp³-hybridized carbons (Fsp3) is 0.636. The van der Waals surface area contributed by atoms with Crippen LogP contribution in [-0.2, 0) is 0 Å². The third kappa shape index (κ3) is 31.5. The lowest BCUT2D eigenvalue weighted by molar-refractivity contribution is -0.878. The van der Waals surface area contributed by atoms with Gasteiger partial charge in [0.15, 0.2) is 0 Å². The molecule has 0 rings (SSSR count). The van der Waals surface area contributed by atoms with Gasteiger partial charge >= 0.3 is 0 Å². The molecular formula is C11H26Cl2N2. The van der Waals surface area contributed by atoms with Gasteiger partial charge in [0.2, 0.25) is 0 Å². The van der Waals surface area contributed by atoms with Gasteiger partial charge in [0.05, 0.1) is 27.2 Å². The highest BCUT2D eigenvalue weighted by Crippen LogP contribution is 1.95. The maximum absolute atomic E-state index is 3.68. The standard InChI is InChI=1S/C8H16N.C3H9N.2ClH/c1-5-7-9(3,4)8-6-2;1-4(2)3;;/h5-6H,1-2,7-8H2,3-4H3;1-3H3;2*1H/q+1;;;/p-1. The first-order chi connectivity index (χ1) is 5.85. The van der Waals surface area contributed by atoms with Crippen LogP contribution in [-0.4, -0.2) is 57.7 Å². The van der Waals surface area contributed by atoms with Crippen LogP contribution in [0.4, 0.5) is 0 Å². The minimum absolute atomic E-state index is 0. The third-order valence-electron chi connectivity index (χ3n) is 1.25. The van der Waals surface area contributed by atoms with Gasteiger partial charge in [0.1, 0.15) is 0 Å². The minimum atomic E-state index is 0. The van der Waals surface area contributed by atoms with Crippen LogP contribution < -0.4 is 12.4 Å². The summed E-state index contributed by atoms with van der Waals surface area (Å²) in [6.07, 6.45) is 3.87. The Morgan fingerprint density at radius 3 is 1.33 bits per heavy atom. The lowest BCUT2D eigenvalue weighted by Gasteiger charge is -2.26. The summed E-state index contributed by atoms with van der Waals surface area (Å²) in [6.45, 7) is 9.37. The van der Waals surface area contributed by atoms with Crippen molar-refractivity contribution in [3.63, 3.8) is 0 Å². The van der Waals surface area contributed by atoms with Crippen LogP contribution in [0.25, 0.3) is 0 Å². The second kappa shape index (κ2) is 14.0. The Hall–Kier alpha value is -0.0200. The fourth-order valence-electron chi connectivity index (χ4n) is 0.774. The molecule has 0 atom stereocenters. The predicted molar refractivity (Wildman–Crippen MR) is 69.1 cm³/mol. The summed E-state index contributed by atoms with van der Waals surface area (Å²) in [4.78, 5) is 2.00. The normalized spacial score (nSPS) is 8.93. The van der Waals surface area contributed by atoms with Crippen molar-refractivity contribution in [3.05, 3.63) is 25.3 Å². The second-order valence-corrected chi connectivity index (χ2v) is 4.22. The summed E-state index contributed by atoms with van der Waals surface area (Å²) in [6, 6.07) is 0. The molecule has 15 heavy (non-hydrogen) atoms. The van der Waals surface area contributed by atoms with Gasteiger partial charge in [-0.2, -0.15) is 0 Å². The number of quaternary nitrogens is 1. The van der Waals surface area contributed by atoms with E-state index in [1.807, 2.05) is 38.2 Å². The number of nitrogens with zero attached hydrogens (tertiary/aromatic N) is 2. The van der Waals surface area contributed by atoms with Crippen molar-refractivity contribution in [2.45, 2.75) is 0 Å². The van der Waals surface area contributed by atoms with Gasteiger partial charge < -0.3 is 21.8 Å². The first kappa shape index (κ1) is 24.3. The zero-order valence-corrected chi connectivity index (χ0v) is 12.2. The molecule has 0 amide bonds. The Labute approximate surface area is 108 Å². The molecular weight excluding hydrogens is 231 g/mol. The molecule has 0 radical (unpaired) electrons. The molecule has 94 valence electrons. The molecule has 0 aliphatic heterocycles. The van der Waals surface area contributed by atoms with Crippen LogP contribution in [0.1, 0.15) is 0 Å². The highest BCUT2D eigenvalue weighted by atomic mass is 35.5. The molecule has 0 fully saturated rings. The maximum Gasteiger partial charge on any atom is 0.0969 e. The van der Waals surface area contributed by atoms with E-state index < -0.39 is 0 Å². The van der Waals surface area contributed by atoms with E-state index in [0.717, 1.165) is 17.6 Å². The largest absolute Gasteiger partial charge is 1.00 e. The van der Waals surface area contributed by atoms with E-state index in [1.165, 1.54) is 0 Å². The topological polar surface area (TPSA) is 3.24 Å². The van der Waals surface area contributed by atoms with Crippen molar-refractivity contribution in [2.75, 3.05) is 48.3 Å². The predicted octanol–water partition coefficient (Wildman–Crippen LogP) is -0.962. The van der Waals surface area contributed by atoms with E-state index >= 15 is 0 Å². The third-order valence-corrected chi connectivity index (χ3v) is 1.25. The highest BCUT2D eigenvalue weighted by Gasteiger charge is 2.07. The Morgan fingerprint density at radius 2 is 1.20 bits per heavy atom. The lowest BCUT2D eigenvalue weighted by Crippen LogP contribution is -3.00. The molecule has 0 N–H and O–H groups in total. The van der Waals surface area contributed by atoms with Crippen molar-refractivity contribution < 1.29 is 16.9 Å². The zero-order chi connectivity index (χ0) is 10.9. The van der Waals surface area contributed by atoms with Gasteiger partial charge in [-0.3, -0.25) is 0 Å². The molecule has 4 heteroatoms. The van der Waals surface area contributed by atoms with Gasteiger partial charge in [-0.1, -0.05) is 13.2 Å². The van der Waals surface area contributed by atoms with E-state index in [1.54, 1.807) is 0 Å². The monoisotopic (exact) mass is 256 g/mol. The first-order valence-corrected chi connectivity index (χ1v) is 4.50. The van der Waals surface area contributed by atoms with Crippen molar-refractivity contribution in [1.82, 2.24) is 4.90 Å². The Morgan fingerprint density at radius 1 is 1.00 bits per heavy atom. The first-order valence-electron chi connectivity index (χ1n) is 4.50. The van der Waals surface area contributed by atoms with Crippen molar-refractivity contribution >= 4 is 12.4 Å². The SMILES string of the molecule is C=CC[N+](C)(C)CC=C.CN(C)C.Cl.[Cl-]. The molecule has 0 aromatic carbocycles. The summed E-state index contributed by atoms with van der Waals surface area (Å²) in [5, 5.41) is 0. The van der Waals surface area contributed by atoms with Crippen LogP contribution in [0, 0.1) is 0 Å². The zero-order valence-electron chi connectivity index (χ0n) is 10.7. The summed E-state index contributed by atoms with van der Waals surface area (Å²) < 4.78 is 0.951. The minimum Gasteiger partial charge on any atom is -1.00 e. The van der Waals surface area contributed by atoms with Crippen LogP contribution in [0.2, 0.25) is 0 Å². The average Bonchev–Trinajstić information content (AvgIpc) is 1.84. The summed E-state index contributed by atoms with van der Waals surface area (Å²) in [5.41, 5.74) is 0. The molecule has 0 aliphatic carbocycles. The fourth-order valence-corrected chi connectivity index (χ4v) is 0.774. The summed E-state index contributed by atoms with van der Waals surface area (Å²) in [7, 11) is 10.3. The van der Waals surface area contributed by atoms with Gasteiger partial charge in [-0.25, -0.2) is 0 Å². The molecule has 0 aliphatic rings. The Kier molecular flexibility index (Phi) is 22.6. The number of rotatable bonds is 4. The van der Waals surface area contributed by atoms with Crippen molar-refractivity contribution in [3.8, 4) is 0 Å². The highest BCUT2D eigenvalue weighted by molar-refractivity contribution is 5.85. The van der Waals surface area contributed by atoms with Crippen molar-refractivity contribution in [2.24, 2.45) is 0 Å². The van der Waals surface area contributed by atoms with E-state index in [9.17, 15) is 0 Å². The Bertz CT molecular complexity index is 131. The number of hydrogen-bond donors (Lipinski definition) is 0. The van der Waals surface area contributed by atoms with Gasteiger partial charge in [-0.15, -0.1) is 12.4 Å². The Balaban J connectivity index is -0.0000000883. The van der Waals surface area contributed by atoms with Gasteiger partial charge in [-0.05, 0) is 33.3 Å². The van der Waals surface area contributed by atoms with Crippen LogP contribution in [0.5, 0.6) is 0 Å². The molecule has 0 bridgehead atoms. The summed E-state index contributed by atoms with van der Waals surface area (Å²) in [5.74, 6) is 0. The van der Waals surface area contributed by atoms with E-state index in [4.69, 9.17) is 0 Å². The number of halogens is 2. The lowest BCUT2D eigenvalue weighted by atomic mass is 10.4. The van der Waals surface area contributed by atoms with Crippen LogP contribution in [0.15, 0.2) is 25.3 Å². The van der Waals surface area contributed by atoms with E-state index in [2.05, 4.69) is 27.3 Å². The molecule has 0 saturated heterocycles. The summed E-state index contributed by atoms with van der Waals surface area (Å²) >= 11 is 0. The number of hydrogen-bond acceptors (Lipinski definition) is 1. The average molecular weight is 257 g/mol. The molecule has 0 aromatic heterocycles. The molecule has 0 heterocycles. The number of likely N-dealkylation sites (N-methyl/N-ethyl adjacent to an activating group) is 1. The van der Waals surface area contributed by atoms with E-state index in [0.29, 0.717) is 0 Å². The molecule has 0 unspecified atom stereocenters. The molecule has 0 saturated carbocycles. The maximum atomic E-state index is 3.68. The van der Waals surface area contributed by atoms with E-state index in [-0.39, 0.29) is 24.8 Å². The molecule has 0 spiro atoms. The molecule has 2 nitrogen and oxygen atoms in total. The second-order valence-electron chi connectivity index (χ2n) is 4.22. The molecule has 0 aromatic rings. The van der Waals surface area contributed by atoms with Crippen LogP contribution in [0.3, 0.4) is 0 Å². The quantitative estimate of drug-likeness (QED) is 0.463. The van der Waals surface area contributed by atoms with Crippen molar-refractivity contribution in [1.29, 1.82) is 0 Å².